The highest BCUT2D eigenvalue weighted by Gasteiger charge is 2.49. The zero-order chi connectivity index (χ0) is 29.4. The van der Waals surface area contributed by atoms with E-state index < -0.39 is 40.9 Å². The molecule has 5 aliphatic rings. The Hall–Kier alpha value is -2.83. The van der Waals surface area contributed by atoms with Gasteiger partial charge in [-0.05, 0) is 50.8 Å². The highest BCUT2D eigenvalue weighted by atomic mass is 19.4. The van der Waals surface area contributed by atoms with E-state index in [2.05, 4.69) is 27.4 Å². The van der Waals surface area contributed by atoms with Crippen molar-refractivity contribution in [1.29, 1.82) is 0 Å². The van der Waals surface area contributed by atoms with Gasteiger partial charge in [-0.1, -0.05) is 12.2 Å². The van der Waals surface area contributed by atoms with Gasteiger partial charge in [-0.2, -0.15) is 23.1 Å². The van der Waals surface area contributed by atoms with Crippen LogP contribution in [0.3, 0.4) is 0 Å². The number of anilines is 1. The average molecular weight is 592 g/mol. The van der Waals surface area contributed by atoms with Crippen LogP contribution >= 0.6 is 0 Å². The van der Waals surface area contributed by atoms with E-state index in [-0.39, 0.29) is 54.9 Å². The third kappa shape index (κ3) is 4.75. The molecule has 0 amide bonds. The van der Waals surface area contributed by atoms with Gasteiger partial charge in [-0.25, -0.2) is 8.78 Å². The minimum atomic E-state index is -4.80. The highest BCUT2D eigenvalue weighted by Crippen LogP contribution is 2.46. The number of aryl methyl sites for hydroxylation is 1. The fraction of sp³-hybridized carbons (Fsp3) is 0.600. The summed E-state index contributed by atoms with van der Waals surface area (Å²) in [4.78, 5) is 11.6. The van der Waals surface area contributed by atoms with Crippen molar-refractivity contribution in [3.05, 3.63) is 57.7 Å². The number of hydrogen-bond acceptors (Lipinski definition) is 7. The summed E-state index contributed by atoms with van der Waals surface area (Å²) in [5.41, 5.74) is 5.11. The number of nitrogens with zero attached hydrogens (tertiary/aromatic N) is 3. The molecule has 6 heterocycles. The number of nitrogen functional groups attached to an aromatic ring is 1. The highest BCUT2D eigenvalue weighted by molar-refractivity contribution is 5.53. The minimum Gasteiger partial charge on any atom is -0.461 e. The van der Waals surface area contributed by atoms with Crippen molar-refractivity contribution < 1.29 is 31.4 Å². The quantitative estimate of drug-likeness (QED) is 0.286. The first-order valence-electron chi connectivity index (χ1n) is 14.6. The Morgan fingerprint density at radius 1 is 1.21 bits per heavy atom. The van der Waals surface area contributed by atoms with Crippen LogP contribution in [0.1, 0.15) is 77.8 Å². The van der Waals surface area contributed by atoms with E-state index in [0.29, 0.717) is 24.2 Å². The Labute approximate surface area is 240 Å². The predicted molar refractivity (Wildman–Crippen MR) is 144 cm³/mol. The van der Waals surface area contributed by atoms with E-state index in [0.717, 1.165) is 44.0 Å². The molecule has 0 radical (unpaired) electrons. The molecule has 0 saturated carbocycles. The second-order valence-corrected chi connectivity index (χ2v) is 12.5. The van der Waals surface area contributed by atoms with E-state index in [1.54, 1.807) is 0 Å². The zero-order valence-corrected chi connectivity index (χ0v) is 23.3. The number of ether oxygens (including phenoxy) is 2. The van der Waals surface area contributed by atoms with Gasteiger partial charge in [-0.15, -0.1) is 0 Å². The van der Waals surface area contributed by atoms with Gasteiger partial charge in [0.05, 0.1) is 40.9 Å². The first-order valence-corrected chi connectivity index (χ1v) is 14.6. The number of fused-ring (bicyclic) bond motifs is 4. The van der Waals surface area contributed by atoms with Crippen LogP contribution in [0, 0.1) is 12.7 Å². The second-order valence-electron chi connectivity index (χ2n) is 12.5. The molecule has 3 saturated heterocycles. The zero-order valence-electron chi connectivity index (χ0n) is 23.3. The van der Waals surface area contributed by atoms with Gasteiger partial charge in [0, 0.05) is 48.5 Å². The lowest BCUT2D eigenvalue weighted by molar-refractivity contribution is -0.140. The summed E-state index contributed by atoms with van der Waals surface area (Å²) in [6.07, 6.45) is 0.993. The smallest absolute Gasteiger partial charge is 0.417 e. The van der Waals surface area contributed by atoms with Crippen molar-refractivity contribution in [2.75, 3.05) is 25.4 Å². The molecule has 5 atom stereocenters. The van der Waals surface area contributed by atoms with Crippen LogP contribution in [0.2, 0.25) is 0 Å². The summed E-state index contributed by atoms with van der Waals surface area (Å²) >= 11 is 0. The maximum absolute atomic E-state index is 15.3. The molecule has 3 fully saturated rings. The normalized spacial score (nSPS) is 32.3. The summed E-state index contributed by atoms with van der Waals surface area (Å²) in [5.74, 6) is -1.08. The molecule has 12 heteroatoms. The van der Waals surface area contributed by atoms with Gasteiger partial charge < -0.3 is 20.5 Å². The van der Waals surface area contributed by atoms with Crippen molar-refractivity contribution in [1.82, 2.24) is 20.2 Å². The molecule has 226 valence electrons. The number of nitrogens with two attached hydrogens (primary N) is 1. The Kier molecular flexibility index (Phi) is 6.74. The van der Waals surface area contributed by atoms with Gasteiger partial charge in [0.2, 0.25) is 0 Å². The second kappa shape index (κ2) is 10.1. The summed E-state index contributed by atoms with van der Waals surface area (Å²) < 4.78 is 84.3. The first-order chi connectivity index (χ1) is 20.0. The predicted octanol–water partition coefficient (Wildman–Crippen LogP) is 5.07. The summed E-state index contributed by atoms with van der Waals surface area (Å²) in [7, 11) is 0. The molecule has 7 nitrogen and oxygen atoms in total. The molecular formula is C30H34F5N5O2. The fourth-order valence-corrected chi connectivity index (χ4v) is 7.91. The molecule has 0 aliphatic carbocycles. The van der Waals surface area contributed by atoms with Gasteiger partial charge in [-0.3, -0.25) is 4.90 Å². The molecule has 2 bridgehead atoms. The lowest BCUT2D eigenvalue weighted by Gasteiger charge is -2.34. The van der Waals surface area contributed by atoms with E-state index in [1.165, 1.54) is 6.92 Å². The number of rotatable bonds is 5. The SMILES string of the molecule is Cc1cc(N)c(F)c([C@@H]2Cc3nc(OC[C@@]45CCCN4C[C@H](F)C5)nc(C4CC5C=CC(C4)N5)c3CO2)c1C(F)(F)F. The third-order valence-electron chi connectivity index (χ3n) is 9.74. The molecule has 0 spiro atoms. The van der Waals surface area contributed by atoms with Gasteiger partial charge >= 0.3 is 12.2 Å². The van der Waals surface area contributed by atoms with Crippen LogP contribution in [-0.2, 0) is 23.9 Å². The Bertz CT molecular complexity index is 1420. The van der Waals surface area contributed by atoms with Crippen molar-refractivity contribution in [2.45, 2.75) is 94.0 Å². The molecule has 5 aliphatic heterocycles. The molecular weight excluding hydrogens is 557 g/mol. The van der Waals surface area contributed by atoms with Crippen LogP contribution in [0.4, 0.5) is 27.6 Å². The Morgan fingerprint density at radius 3 is 2.71 bits per heavy atom. The molecule has 7 rings (SSSR count). The van der Waals surface area contributed by atoms with E-state index in [1.807, 2.05) is 0 Å². The summed E-state index contributed by atoms with van der Waals surface area (Å²) in [5, 5.41) is 3.52. The van der Waals surface area contributed by atoms with Gasteiger partial charge in [0.1, 0.15) is 12.8 Å². The van der Waals surface area contributed by atoms with Crippen molar-refractivity contribution in [3.8, 4) is 6.01 Å². The molecule has 1 aromatic carbocycles. The largest absolute Gasteiger partial charge is 0.461 e. The van der Waals surface area contributed by atoms with Crippen molar-refractivity contribution in [3.63, 3.8) is 0 Å². The minimum absolute atomic E-state index is 0.0513. The van der Waals surface area contributed by atoms with Gasteiger partial charge in [0.25, 0.3) is 0 Å². The van der Waals surface area contributed by atoms with Crippen LogP contribution in [0.5, 0.6) is 6.01 Å². The molecule has 2 unspecified atom stereocenters. The van der Waals surface area contributed by atoms with Crippen LogP contribution < -0.4 is 15.8 Å². The number of aromatic nitrogens is 2. The molecule has 1 aromatic heterocycles. The average Bonchev–Trinajstić information content (AvgIpc) is 3.58. The topological polar surface area (TPSA) is 85.5 Å². The maximum atomic E-state index is 15.3. The number of alkyl halides is 4. The van der Waals surface area contributed by atoms with Crippen LogP contribution in [0.15, 0.2) is 18.2 Å². The number of nitrogens with one attached hydrogen (secondary N) is 1. The standard InChI is InChI=1S/C30H34F5N5O2/c1-15-7-21(36)26(32)24(25(15)30(33,34)35)23-10-22-20(13-41-23)27(16-8-18-3-4-19(9-16)37-18)39-28(38-22)42-14-29-5-2-6-40(29)12-17(31)11-29/h3-4,7,16-19,23,37H,2,5-6,8-14,36H2,1H3/t16?,17-,18?,19?,23+,29+/m1/s1. The van der Waals surface area contributed by atoms with E-state index in [9.17, 15) is 17.6 Å². The van der Waals surface area contributed by atoms with E-state index in [4.69, 9.17) is 20.2 Å². The summed E-state index contributed by atoms with van der Waals surface area (Å²) in [6.45, 7) is 2.63. The molecule has 42 heavy (non-hydrogen) atoms. The number of halogens is 5. The maximum Gasteiger partial charge on any atom is 0.417 e. The fourth-order valence-electron chi connectivity index (χ4n) is 7.91. The number of benzene rings is 1. The van der Waals surface area contributed by atoms with Crippen molar-refractivity contribution >= 4 is 5.69 Å². The third-order valence-corrected chi connectivity index (χ3v) is 9.74. The first kappa shape index (κ1) is 28.0. The number of piperidine rings is 1. The molecule has 2 aromatic rings. The lowest BCUT2D eigenvalue weighted by atomic mass is 9.84. The molecule has 3 N–H and O–H groups in total. The number of hydrogen-bond donors (Lipinski definition) is 2. The van der Waals surface area contributed by atoms with E-state index >= 15 is 4.39 Å². The summed E-state index contributed by atoms with van der Waals surface area (Å²) in [6, 6.07) is 1.52. The van der Waals surface area contributed by atoms with Crippen molar-refractivity contribution in [2.24, 2.45) is 0 Å². The Balaban J connectivity index is 1.25. The van der Waals surface area contributed by atoms with Gasteiger partial charge in [0.15, 0.2) is 5.82 Å². The van der Waals surface area contributed by atoms with Crippen LogP contribution in [-0.4, -0.2) is 58.4 Å². The monoisotopic (exact) mass is 591 g/mol. The Morgan fingerprint density at radius 2 is 1.98 bits per heavy atom. The lowest BCUT2D eigenvalue weighted by Crippen LogP contribution is -2.43. The van der Waals surface area contributed by atoms with Crippen LogP contribution in [0.25, 0.3) is 0 Å².